The number of benzene rings is 2. The minimum absolute atomic E-state index is 0.316. The van der Waals surface area contributed by atoms with Gasteiger partial charge in [0.25, 0.3) is 0 Å². The standard InChI is InChI=1S/C13H9BrCl2FN/c14-9-6-12(17)8(5-11(9)16)13(18)7-3-1-2-4-10(7)15/h1-6,13H,18H2. The van der Waals surface area contributed by atoms with Crippen molar-refractivity contribution in [1.82, 2.24) is 0 Å². The summed E-state index contributed by atoms with van der Waals surface area (Å²) in [4.78, 5) is 0. The molecular formula is C13H9BrCl2FN. The second-order valence-corrected chi connectivity index (χ2v) is 5.46. The van der Waals surface area contributed by atoms with Crippen LogP contribution < -0.4 is 5.73 Å². The fourth-order valence-corrected chi connectivity index (χ4v) is 2.41. The minimum atomic E-state index is -0.649. The lowest BCUT2D eigenvalue weighted by Crippen LogP contribution is -2.14. The number of hydrogen-bond acceptors (Lipinski definition) is 1. The van der Waals surface area contributed by atoms with Crippen LogP contribution in [0, 0.1) is 5.82 Å². The molecule has 0 saturated heterocycles. The summed E-state index contributed by atoms with van der Waals surface area (Å²) in [7, 11) is 0. The Kier molecular flexibility index (Phi) is 4.28. The SMILES string of the molecule is NC(c1cc(Cl)c(Br)cc1F)c1ccccc1Cl. The molecule has 5 heteroatoms. The Morgan fingerprint density at radius 1 is 1.06 bits per heavy atom. The third kappa shape index (κ3) is 2.69. The van der Waals surface area contributed by atoms with E-state index in [1.54, 1.807) is 24.3 Å². The summed E-state index contributed by atoms with van der Waals surface area (Å²) >= 11 is 15.2. The van der Waals surface area contributed by atoms with Crippen LogP contribution in [0.3, 0.4) is 0 Å². The zero-order chi connectivity index (χ0) is 13.3. The van der Waals surface area contributed by atoms with Gasteiger partial charge in [-0.05, 0) is 39.7 Å². The van der Waals surface area contributed by atoms with Crippen LogP contribution in [0.15, 0.2) is 40.9 Å². The van der Waals surface area contributed by atoms with Crippen LogP contribution in [0.2, 0.25) is 10.0 Å². The monoisotopic (exact) mass is 347 g/mol. The largest absolute Gasteiger partial charge is 0.320 e. The van der Waals surface area contributed by atoms with Gasteiger partial charge in [0.1, 0.15) is 5.82 Å². The Labute approximate surface area is 123 Å². The van der Waals surface area contributed by atoms with Crippen molar-refractivity contribution in [2.75, 3.05) is 0 Å². The van der Waals surface area contributed by atoms with Crippen LogP contribution in [0.25, 0.3) is 0 Å². The Morgan fingerprint density at radius 2 is 1.72 bits per heavy atom. The van der Waals surface area contributed by atoms with E-state index >= 15 is 0 Å². The molecule has 0 fully saturated rings. The van der Waals surface area contributed by atoms with Crippen LogP contribution in [0.1, 0.15) is 17.2 Å². The highest BCUT2D eigenvalue weighted by molar-refractivity contribution is 9.10. The second-order valence-electron chi connectivity index (χ2n) is 3.79. The van der Waals surface area contributed by atoms with Crippen LogP contribution in [0.5, 0.6) is 0 Å². The van der Waals surface area contributed by atoms with Gasteiger partial charge >= 0.3 is 0 Å². The van der Waals surface area contributed by atoms with E-state index < -0.39 is 11.9 Å². The summed E-state index contributed by atoms with van der Waals surface area (Å²) in [6.45, 7) is 0. The number of hydrogen-bond donors (Lipinski definition) is 1. The molecule has 1 atom stereocenters. The van der Waals surface area contributed by atoms with Gasteiger partial charge in [0.15, 0.2) is 0 Å². The van der Waals surface area contributed by atoms with E-state index in [0.29, 0.717) is 25.6 Å². The molecule has 2 aromatic carbocycles. The minimum Gasteiger partial charge on any atom is -0.320 e. The van der Waals surface area contributed by atoms with Gasteiger partial charge in [0.2, 0.25) is 0 Å². The molecule has 94 valence electrons. The van der Waals surface area contributed by atoms with E-state index in [4.69, 9.17) is 28.9 Å². The fraction of sp³-hybridized carbons (Fsp3) is 0.0769. The smallest absolute Gasteiger partial charge is 0.129 e. The molecule has 0 amide bonds. The van der Waals surface area contributed by atoms with Crippen molar-refractivity contribution in [3.63, 3.8) is 0 Å². The maximum Gasteiger partial charge on any atom is 0.129 e. The molecule has 2 N–H and O–H groups in total. The predicted molar refractivity (Wildman–Crippen MR) is 76.6 cm³/mol. The lowest BCUT2D eigenvalue weighted by molar-refractivity contribution is 0.599. The van der Waals surface area contributed by atoms with E-state index in [9.17, 15) is 4.39 Å². The highest BCUT2D eigenvalue weighted by Crippen LogP contribution is 2.32. The van der Waals surface area contributed by atoms with Crippen molar-refractivity contribution in [2.24, 2.45) is 5.73 Å². The highest BCUT2D eigenvalue weighted by Gasteiger charge is 2.17. The first kappa shape index (κ1) is 13.8. The molecule has 1 unspecified atom stereocenters. The zero-order valence-corrected chi connectivity index (χ0v) is 12.2. The zero-order valence-electron chi connectivity index (χ0n) is 9.13. The number of halogens is 4. The van der Waals surface area contributed by atoms with Crippen molar-refractivity contribution >= 4 is 39.1 Å². The normalized spacial score (nSPS) is 12.5. The number of nitrogens with two attached hydrogens (primary N) is 1. The summed E-state index contributed by atoms with van der Waals surface area (Å²) in [5.41, 5.74) is 7.02. The molecule has 0 aliphatic rings. The third-order valence-electron chi connectivity index (χ3n) is 2.61. The Bertz CT molecular complexity index is 589. The molecule has 0 aliphatic heterocycles. The molecule has 0 aliphatic carbocycles. The lowest BCUT2D eigenvalue weighted by atomic mass is 9.99. The van der Waals surface area contributed by atoms with Gasteiger partial charge in [0, 0.05) is 15.1 Å². The first-order valence-corrected chi connectivity index (χ1v) is 6.70. The molecule has 0 bridgehead atoms. The van der Waals surface area contributed by atoms with Crippen LogP contribution >= 0.6 is 39.1 Å². The maximum atomic E-state index is 13.9. The summed E-state index contributed by atoms with van der Waals surface area (Å²) < 4.78 is 14.4. The molecule has 0 saturated carbocycles. The Morgan fingerprint density at radius 3 is 2.39 bits per heavy atom. The average Bonchev–Trinajstić information content (AvgIpc) is 2.33. The molecule has 18 heavy (non-hydrogen) atoms. The van der Waals surface area contributed by atoms with Gasteiger partial charge in [-0.25, -0.2) is 4.39 Å². The molecule has 0 radical (unpaired) electrons. The summed E-state index contributed by atoms with van der Waals surface area (Å²) in [5.74, 6) is -0.418. The quantitative estimate of drug-likeness (QED) is 0.764. The average molecular weight is 349 g/mol. The van der Waals surface area contributed by atoms with Crippen LogP contribution in [0.4, 0.5) is 4.39 Å². The van der Waals surface area contributed by atoms with Crippen LogP contribution in [-0.4, -0.2) is 0 Å². The van der Waals surface area contributed by atoms with E-state index in [1.165, 1.54) is 12.1 Å². The second kappa shape index (κ2) is 5.57. The topological polar surface area (TPSA) is 26.0 Å². The van der Waals surface area contributed by atoms with Gasteiger partial charge in [-0.15, -0.1) is 0 Å². The maximum absolute atomic E-state index is 13.9. The Balaban J connectivity index is 2.50. The molecule has 2 rings (SSSR count). The molecule has 2 aromatic rings. The number of rotatable bonds is 2. The van der Waals surface area contributed by atoms with E-state index in [1.807, 2.05) is 0 Å². The third-order valence-corrected chi connectivity index (χ3v) is 4.16. The first-order chi connectivity index (χ1) is 8.50. The Hall–Kier alpha value is -0.610. The highest BCUT2D eigenvalue weighted by atomic mass is 79.9. The van der Waals surface area contributed by atoms with Crippen molar-refractivity contribution in [3.8, 4) is 0 Å². The van der Waals surface area contributed by atoms with Gasteiger partial charge in [-0.3, -0.25) is 0 Å². The first-order valence-electron chi connectivity index (χ1n) is 5.15. The molecular weight excluding hydrogens is 340 g/mol. The van der Waals surface area contributed by atoms with Crippen molar-refractivity contribution in [3.05, 3.63) is 67.9 Å². The summed E-state index contributed by atoms with van der Waals surface area (Å²) in [6.07, 6.45) is 0. The van der Waals surface area contributed by atoms with Gasteiger partial charge in [-0.2, -0.15) is 0 Å². The fourth-order valence-electron chi connectivity index (χ4n) is 1.67. The van der Waals surface area contributed by atoms with Gasteiger partial charge in [-0.1, -0.05) is 41.4 Å². The van der Waals surface area contributed by atoms with Crippen molar-refractivity contribution in [1.29, 1.82) is 0 Å². The van der Waals surface area contributed by atoms with Crippen molar-refractivity contribution < 1.29 is 4.39 Å². The molecule has 1 nitrogen and oxygen atoms in total. The predicted octanol–water partition coefficient (Wildman–Crippen LogP) is 4.94. The van der Waals surface area contributed by atoms with Crippen molar-refractivity contribution in [2.45, 2.75) is 6.04 Å². The van der Waals surface area contributed by atoms with Crippen LogP contribution in [-0.2, 0) is 0 Å². The summed E-state index contributed by atoms with van der Waals surface area (Å²) in [6, 6.07) is 9.24. The van der Waals surface area contributed by atoms with Gasteiger partial charge < -0.3 is 5.73 Å². The molecule has 0 heterocycles. The van der Waals surface area contributed by atoms with Gasteiger partial charge in [0.05, 0.1) is 11.1 Å². The lowest BCUT2D eigenvalue weighted by Gasteiger charge is -2.15. The summed E-state index contributed by atoms with van der Waals surface area (Å²) in [5, 5.41) is 0.914. The van der Waals surface area contributed by atoms with E-state index in [-0.39, 0.29) is 0 Å². The van der Waals surface area contributed by atoms with E-state index in [2.05, 4.69) is 15.9 Å². The van der Waals surface area contributed by atoms with E-state index in [0.717, 1.165) is 0 Å². The molecule has 0 aromatic heterocycles. The molecule has 0 spiro atoms.